The third kappa shape index (κ3) is 9.06. The fourth-order valence-corrected chi connectivity index (χ4v) is 4.31. The van der Waals surface area contributed by atoms with Crippen molar-refractivity contribution in [2.24, 2.45) is 11.7 Å². The van der Waals surface area contributed by atoms with Crippen molar-refractivity contribution in [3.8, 4) is 0 Å². The van der Waals surface area contributed by atoms with Gasteiger partial charge in [0, 0.05) is 23.5 Å². The van der Waals surface area contributed by atoms with Crippen LogP contribution in [0.3, 0.4) is 0 Å². The van der Waals surface area contributed by atoms with E-state index in [0.29, 0.717) is 12.2 Å². The molecule has 1 aromatic carbocycles. The van der Waals surface area contributed by atoms with E-state index in [0.717, 1.165) is 16.5 Å². The van der Waals surface area contributed by atoms with Crippen LogP contribution in [0.2, 0.25) is 0 Å². The number of aliphatic carboxylic acids is 1. The first-order chi connectivity index (χ1) is 17.6. The molecule has 2 rings (SSSR count). The minimum Gasteiger partial charge on any atom is -0.480 e. The Bertz CT molecular complexity index is 1070. The highest BCUT2D eigenvalue weighted by molar-refractivity contribution is 7.98. The number of nitrogens with one attached hydrogen (secondary N) is 4. The van der Waals surface area contributed by atoms with Crippen LogP contribution in [0, 0.1) is 5.92 Å². The predicted molar refractivity (Wildman–Crippen MR) is 143 cm³/mol. The zero-order valence-electron chi connectivity index (χ0n) is 21.3. The molecule has 0 bridgehead atoms. The number of aromatic amines is 1. The number of rotatable bonds is 15. The summed E-state index contributed by atoms with van der Waals surface area (Å²) in [6.45, 7) is 3.01. The molecule has 2 aromatic rings. The SMILES string of the molecule is CSCCC(N)C(=O)NC(CO)C(=O)NC(CC(C)C)C(=O)NC(Cc1c[nH]c2ccccc12)C(=O)O. The molecular formula is C25H37N5O6S. The summed E-state index contributed by atoms with van der Waals surface area (Å²) in [5, 5.41) is 27.8. The van der Waals surface area contributed by atoms with Gasteiger partial charge in [-0.05, 0) is 42.4 Å². The van der Waals surface area contributed by atoms with Crippen molar-refractivity contribution in [1.82, 2.24) is 20.9 Å². The number of nitrogens with two attached hydrogens (primary N) is 1. The molecule has 0 radical (unpaired) electrons. The molecule has 8 N–H and O–H groups in total. The van der Waals surface area contributed by atoms with E-state index in [1.807, 2.05) is 44.4 Å². The summed E-state index contributed by atoms with van der Waals surface area (Å²) in [7, 11) is 0. The molecule has 0 aliphatic rings. The van der Waals surface area contributed by atoms with Crippen LogP contribution >= 0.6 is 11.8 Å². The van der Waals surface area contributed by atoms with Gasteiger partial charge in [-0.1, -0.05) is 32.0 Å². The van der Waals surface area contributed by atoms with E-state index in [2.05, 4.69) is 20.9 Å². The van der Waals surface area contributed by atoms with Crippen LogP contribution in [0.4, 0.5) is 0 Å². The number of carboxylic acids is 1. The normalized spacial score (nSPS) is 14.5. The Kier molecular flexibility index (Phi) is 11.9. The van der Waals surface area contributed by atoms with Crippen LogP contribution in [-0.2, 0) is 25.6 Å². The molecule has 12 heteroatoms. The molecule has 204 valence electrons. The molecule has 0 aliphatic carbocycles. The summed E-state index contributed by atoms with van der Waals surface area (Å²) in [5.41, 5.74) is 7.41. The van der Waals surface area contributed by atoms with Gasteiger partial charge in [0.05, 0.1) is 12.6 Å². The summed E-state index contributed by atoms with van der Waals surface area (Å²) < 4.78 is 0. The van der Waals surface area contributed by atoms with Gasteiger partial charge in [-0.2, -0.15) is 11.8 Å². The van der Waals surface area contributed by atoms with Gasteiger partial charge in [-0.15, -0.1) is 0 Å². The summed E-state index contributed by atoms with van der Waals surface area (Å²) in [4.78, 5) is 53.3. The molecule has 3 amide bonds. The van der Waals surface area contributed by atoms with E-state index < -0.39 is 54.5 Å². The number of carbonyl (C=O) groups is 4. The summed E-state index contributed by atoms with van der Waals surface area (Å²) in [6, 6.07) is 2.97. The fraction of sp³-hybridized carbons (Fsp3) is 0.520. The Morgan fingerprint density at radius 3 is 2.24 bits per heavy atom. The molecule has 1 heterocycles. The van der Waals surface area contributed by atoms with Gasteiger partial charge >= 0.3 is 5.97 Å². The molecule has 0 saturated heterocycles. The number of aliphatic hydroxyl groups is 1. The van der Waals surface area contributed by atoms with Crippen molar-refractivity contribution in [2.45, 2.75) is 57.3 Å². The predicted octanol–water partition coefficient (Wildman–Crippen LogP) is 0.368. The maximum atomic E-state index is 13.1. The van der Waals surface area contributed by atoms with Gasteiger partial charge in [0.25, 0.3) is 0 Å². The van der Waals surface area contributed by atoms with Crippen molar-refractivity contribution in [3.05, 3.63) is 36.0 Å². The van der Waals surface area contributed by atoms with Crippen LogP contribution < -0.4 is 21.7 Å². The lowest BCUT2D eigenvalue weighted by Crippen LogP contribution is -2.58. The summed E-state index contributed by atoms with van der Waals surface area (Å²) in [5.74, 6) is -2.60. The molecule has 1 aromatic heterocycles. The zero-order chi connectivity index (χ0) is 27.5. The van der Waals surface area contributed by atoms with E-state index in [-0.39, 0.29) is 18.8 Å². The van der Waals surface area contributed by atoms with E-state index >= 15 is 0 Å². The lowest BCUT2D eigenvalue weighted by molar-refractivity contribution is -0.142. The molecule has 0 spiro atoms. The largest absolute Gasteiger partial charge is 0.480 e. The second-order valence-corrected chi connectivity index (χ2v) is 10.3. The lowest BCUT2D eigenvalue weighted by Gasteiger charge is -2.25. The second kappa shape index (κ2) is 14.6. The Morgan fingerprint density at radius 1 is 1.00 bits per heavy atom. The number of aliphatic hydroxyl groups excluding tert-OH is 1. The van der Waals surface area contributed by atoms with Crippen LogP contribution in [0.1, 0.15) is 32.3 Å². The van der Waals surface area contributed by atoms with Crippen molar-refractivity contribution in [2.75, 3.05) is 18.6 Å². The number of carboxylic acid groups (broad SMARTS) is 1. The maximum Gasteiger partial charge on any atom is 0.326 e. The van der Waals surface area contributed by atoms with Crippen molar-refractivity contribution in [1.29, 1.82) is 0 Å². The van der Waals surface area contributed by atoms with Crippen LogP contribution in [0.15, 0.2) is 30.5 Å². The van der Waals surface area contributed by atoms with Crippen molar-refractivity contribution >= 4 is 46.4 Å². The Morgan fingerprint density at radius 2 is 1.62 bits per heavy atom. The molecule has 4 unspecified atom stereocenters. The molecule has 0 fully saturated rings. The first-order valence-electron chi connectivity index (χ1n) is 12.1. The maximum absolute atomic E-state index is 13.1. The molecule has 0 saturated carbocycles. The number of aromatic nitrogens is 1. The van der Waals surface area contributed by atoms with Gasteiger partial charge in [-0.3, -0.25) is 14.4 Å². The second-order valence-electron chi connectivity index (χ2n) is 9.29. The Hall–Kier alpha value is -3.09. The molecule has 0 aliphatic heterocycles. The van der Waals surface area contributed by atoms with Crippen LogP contribution in [0.5, 0.6) is 0 Å². The molecular weight excluding hydrogens is 498 g/mol. The smallest absolute Gasteiger partial charge is 0.326 e. The number of hydrogen-bond donors (Lipinski definition) is 7. The minimum absolute atomic E-state index is 0.0184. The quantitative estimate of drug-likeness (QED) is 0.170. The molecule has 37 heavy (non-hydrogen) atoms. The lowest BCUT2D eigenvalue weighted by atomic mass is 10.0. The number of H-pyrrole nitrogens is 1. The van der Waals surface area contributed by atoms with Gasteiger partial charge in [0.2, 0.25) is 17.7 Å². The summed E-state index contributed by atoms with van der Waals surface area (Å²) in [6.07, 6.45) is 4.24. The monoisotopic (exact) mass is 535 g/mol. The number of fused-ring (bicyclic) bond motifs is 1. The Labute approximate surface area is 220 Å². The Balaban J connectivity index is 2.10. The highest BCUT2D eigenvalue weighted by atomic mass is 32.2. The van der Waals surface area contributed by atoms with Gasteiger partial charge in [0.15, 0.2) is 0 Å². The van der Waals surface area contributed by atoms with Crippen LogP contribution in [0.25, 0.3) is 10.9 Å². The number of amides is 3. The zero-order valence-corrected chi connectivity index (χ0v) is 22.1. The number of para-hydroxylation sites is 1. The van der Waals surface area contributed by atoms with E-state index in [9.17, 15) is 29.4 Å². The third-order valence-electron chi connectivity index (χ3n) is 5.84. The van der Waals surface area contributed by atoms with Crippen molar-refractivity contribution in [3.63, 3.8) is 0 Å². The first-order valence-corrected chi connectivity index (χ1v) is 13.5. The van der Waals surface area contributed by atoms with Crippen molar-refractivity contribution < 1.29 is 29.4 Å². The van der Waals surface area contributed by atoms with Gasteiger partial charge in [0.1, 0.15) is 18.1 Å². The highest BCUT2D eigenvalue weighted by Gasteiger charge is 2.31. The average molecular weight is 536 g/mol. The highest BCUT2D eigenvalue weighted by Crippen LogP contribution is 2.19. The number of hydrogen-bond acceptors (Lipinski definition) is 7. The van der Waals surface area contributed by atoms with Gasteiger partial charge < -0.3 is 36.9 Å². The fourth-order valence-electron chi connectivity index (χ4n) is 3.82. The first kappa shape index (κ1) is 30.1. The third-order valence-corrected chi connectivity index (χ3v) is 6.48. The summed E-state index contributed by atoms with van der Waals surface area (Å²) >= 11 is 1.53. The topological polar surface area (TPSA) is 187 Å². The molecule has 4 atom stereocenters. The number of benzene rings is 1. The van der Waals surface area contributed by atoms with E-state index in [1.165, 1.54) is 11.8 Å². The van der Waals surface area contributed by atoms with E-state index in [4.69, 9.17) is 5.73 Å². The number of thioether (sulfide) groups is 1. The number of carbonyl (C=O) groups excluding carboxylic acids is 3. The van der Waals surface area contributed by atoms with E-state index in [1.54, 1.807) is 6.20 Å². The standard InChI is InChI=1S/C25H37N5O6S/c1-14(2)10-19(28-24(34)21(13-31)30-22(32)17(26)8-9-37-3)23(33)29-20(25(35)36)11-15-12-27-18-7-5-4-6-16(15)18/h4-7,12,14,17,19-21,27,31H,8-11,13,26H2,1-3H3,(H,28,34)(H,29,33)(H,30,32)(H,35,36). The average Bonchev–Trinajstić information content (AvgIpc) is 3.27. The van der Waals surface area contributed by atoms with Crippen LogP contribution in [-0.4, -0.2) is 81.7 Å². The van der Waals surface area contributed by atoms with Gasteiger partial charge in [-0.25, -0.2) is 4.79 Å². The minimum atomic E-state index is -1.31. The molecule has 11 nitrogen and oxygen atoms in total.